The topological polar surface area (TPSA) is 169 Å². The van der Waals surface area contributed by atoms with E-state index in [1.54, 1.807) is 0 Å². The molecule has 0 radical (unpaired) electrons. The molecule has 0 aliphatic rings. The monoisotopic (exact) mass is 412 g/mol. The lowest BCUT2D eigenvalue weighted by atomic mass is 10.1. The summed E-state index contributed by atoms with van der Waals surface area (Å²) in [5.41, 5.74) is 0.209. The fraction of sp³-hybridized carbons (Fsp3) is 0. The zero-order chi connectivity index (χ0) is 19.8. The number of hydrogen-bond donors (Lipinski definition) is 2. The zero-order valence-electron chi connectivity index (χ0n) is 13.4. The number of benzene rings is 2. The van der Waals surface area contributed by atoms with Crippen LogP contribution in [0.5, 0.6) is 11.5 Å². The third-order valence-electron chi connectivity index (χ3n) is 3.26. The van der Waals surface area contributed by atoms with E-state index in [2.05, 4.69) is 8.37 Å². The van der Waals surface area contributed by atoms with Gasteiger partial charge in [-0.1, -0.05) is 0 Å². The van der Waals surface area contributed by atoms with Gasteiger partial charge in [0, 0.05) is 11.6 Å². The van der Waals surface area contributed by atoms with Crippen molar-refractivity contribution in [2.24, 2.45) is 10.3 Å². The highest BCUT2D eigenvalue weighted by molar-refractivity contribution is 7.85. The molecule has 0 amide bonds. The highest BCUT2D eigenvalue weighted by Gasteiger charge is 2.12. The summed E-state index contributed by atoms with van der Waals surface area (Å²) in [6, 6.07) is 10.7. The largest absolute Gasteiger partial charge is 0.456 e. The number of rotatable bonds is 5. The van der Waals surface area contributed by atoms with Crippen LogP contribution in [0.2, 0.25) is 0 Å². The zero-order valence-corrected chi connectivity index (χ0v) is 15.0. The molecule has 0 unspecified atom stereocenters. The Morgan fingerprint density at radius 3 is 1.93 bits per heavy atom. The Kier molecular flexibility index (Phi) is 4.65. The summed E-state index contributed by atoms with van der Waals surface area (Å²) in [6.07, 6.45) is 0. The molecule has 142 valence electrons. The lowest BCUT2D eigenvalue weighted by Gasteiger charge is -2.07. The second kappa shape index (κ2) is 6.66. The molecule has 0 atom stereocenters. The second-order valence-corrected chi connectivity index (χ2v) is 7.61. The first kappa shape index (κ1) is 18.8. The van der Waals surface area contributed by atoms with Crippen molar-refractivity contribution >= 4 is 31.6 Å². The van der Waals surface area contributed by atoms with Crippen LogP contribution in [0, 0.1) is 0 Å². The van der Waals surface area contributed by atoms with Gasteiger partial charge in [0.2, 0.25) is 0 Å². The van der Waals surface area contributed by atoms with E-state index < -0.39 is 26.0 Å². The molecule has 0 aliphatic carbocycles. The molecule has 0 spiro atoms. The summed E-state index contributed by atoms with van der Waals surface area (Å²) < 4.78 is 58.4. The van der Waals surface area contributed by atoms with Gasteiger partial charge in [-0.2, -0.15) is 27.1 Å². The molecule has 0 aliphatic heterocycles. The van der Waals surface area contributed by atoms with Crippen LogP contribution in [-0.2, 0) is 20.6 Å². The van der Waals surface area contributed by atoms with Crippen LogP contribution < -0.4 is 24.1 Å². The van der Waals surface area contributed by atoms with Gasteiger partial charge >= 0.3 is 20.6 Å². The van der Waals surface area contributed by atoms with Crippen molar-refractivity contribution < 1.29 is 29.6 Å². The molecule has 0 fully saturated rings. The summed E-state index contributed by atoms with van der Waals surface area (Å²) in [5, 5.41) is 9.67. The molecule has 3 aromatic rings. The summed E-state index contributed by atoms with van der Waals surface area (Å²) >= 11 is 0. The SMILES string of the molecule is NS(=O)(=O)Oc1ccc(-c2cc(=O)c3cc(OS(N)(=O)=O)ccc3o2)cc1. The van der Waals surface area contributed by atoms with Crippen molar-refractivity contribution in [1.82, 2.24) is 0 Å². The summed E-state index contributed by atoms with van der Waals surface area (Å²) in [4.78, 5) is 12.3. The van der Waals surface area contributed by atoms with Crippen LogP contribution in [0.25, 0.3) is 22.3 Å². The first-order valence-electron chi connectivity index (χ1n) is 7.13. The second-order valence-electron chi connectivity index (χ2n) is 5.31. The fourth-order valence-corrected chi connectivity index (χ4v) is 3.02. The minimum Gasteiger partial charge on any atom is -0.456 e. The van der Waals surface area contributed by atoms with E-state index >= 15 is 0 Å². The van der Waals surface area contributed by atoms with Gasteiger partial charge < -0.3 is 12.8 Å². The standard InChI is InChI=1S/C15H12N2O8S2/c16-26(19,20)24-10-3-1-9(2-4-10)15-8-13(18)12-7-11(25-27(17,21)22)5-6-14(12)23-15/h1-8H,(H2,16,19,20)(H2,17,21,22). The van der Waals surface area contributed by atoms with E-state index in [-0.39, 0.29) is 28.2 Å². The normalized spacial score (nSPS) is 12.1. The molecule has 3 rings (SSSR count). The van der Waals surface area contributed by atoms with Crippen LogP contribution in [0.4, 0.5) is 0 Å². The third-order valence-corrected chi connectivity index (χ3v) is 4.11. The highest BCUT2D eigenvalue weighted by Crippen LogP contribution is 2.26. The van der Waals surface area contributed by atoms with Gasteiger partial charge in [0.1, 0.15) is 22.8 Å². The van der Waals surface area contributed by atoms with Crippen molar-refractivity contribution in [3.05, 3.63) is 58.8 Å². The molecule has 12 heteroatoms. The summed E-state index contributed by atoms with van der Waals surface area (Å²) in [5.74, 6) is 0.0680. The predicted molar refractivity (Wildman–Crippen MR) is 95.4 cm³/mol. The maximum absolute atomic E-state index is 12.3. The summed E-state index contributed by atoms with van der Waals surface area (Å²) in [6.45, 7) is 0. The van der Waals surface area contributed by atoms with Gasteiger partial charge in [0.15, 0.2) is 5.43 Å². The van der Waals surface area contributed by atoms with Gasteiger partial charge in [-0.15, -0.1) is 0 Å². The highest BCUT2D eigenvalue weighted by atomic mass is 32.2. The van der Waals surface area contributed by atoms with E-state index in [1.807, 2.05) is 0 Å². The third kappa shape index (κ3) is 4.83. The first-order valence-corrected chi connectivity index (χ1v) is 10.1. The van der Waals surface area contributed by atoms with Gasteiger partial charge in [-0.05, 0) is 42.5 Å². The Balaban J connectivity index is 1.99. The van der Waals surface area contributed by atoms with Crippen molar-refractivity contribution in [3.8, 4) is 22.8 Å². The minimum absolute atomic E-state index is 0.00540. The molecular weight excluding hydrogens is 400 g/mol. The van der Waals surface area contributed by atoms with E-state index in [0.717, 1.165) is 0 Å². The number of hydrogen-bond acceptors (Lipinski definition) is 8. The van der Waals surface area contributed by atoms with Gasteiger partial charge in [0.25, 0.3) is 0 Å². The van der Waals surface area contributed by atoms with Crippen LogP contribution in [0.15, 0.2) is 57.7 Å². The minimum atomic E-state index is -4.22. The Hall–Kier alpha value is -2.93. The number of fused-ring (bicyclic) bond motifs is 1. The van der Waals surface area contributed by atoms with Crippen LogP contribution in [-0.4, -0.2) is 16.8 Å². The molecule has 4 N–H and O–H groups in total. The molecule has 0 saturated heterocycles. The molecule has 0 bridgehead atoms. The van der Waals surface area contributed by atoms with E-state index in [9.17, 15) is 21.6 Å². The van der Waals surface area contributed by atoms with Crippen molar-refractivity contribution in [2.45, 2.75) is 0 Å². The molecule has 2 aromatic carbocycles. The van der Waals surface area contributed by atoms with Gasteiger partial charge in [0.05, 0.1) is 5.39 Å². The lowest BCUT2D eigenvalue weighted by molar-refractivity contribution is 0.485. The Labute approximate surface area is 153 Å². The molecule has 10 nitrogen and oxygen atoms in total. The molecule has 27 heavy (non-hydrogen) atoms. The van der Waals surface area contributed by atoms with Crippen molar-refractivity contribution in [2.75, 3.05) is 0 Å². The van der Waals surface area contributed by atoms with E-state index in [0.29, 0.717) is 5.56 Å². The average molecular weight is 412 g/mol. The smallest absolute Gasteiger partial charge is 0.380 e. The van der Waals surface area contributed by atoms with E-state index in [1.165, 1.54) is 48.5 Å². The maximum atomic E-state index is 12.3. The molecule has 0 saturated carbocycles. The van der Waals surface area contributed by atoms with Crippen molar-refractivity contribution in [1.29, 1.82) is 0 Å². The Morgan fingerprint density at radius 1 is 0.778 bits per heavy atom. The van der Waals surface area contributed by atoms with Crippen LogP contribution in [0.1, 0.15) is 0 Å². The average Bonchev–Trinajstić information content (AvgIpc) is 2.53. The summed E-state index contributed by atoms with van der Waals surface area (Å²) in [7, 11) is -8.37. The molecular formula is C15H12N2O8S2. The van der Waals surface area contributed by atoms with E-state index in [4.69, 9.17) is 14.7 Å². The predicted octanol–water partition coefficient (Wildman–Crippen LogP) is 0.625. The van der Waals surface area contributed by atoms with Crippen LogP contribution >= 0.6 is 0 Å². The number of nitrogens with two attached hydrogens (primary N) is 2. The van der Waals surface area contributed by atoms with Gasteiger partial charge in [-0.25, -0.2) is 0 Å². The quantitative estimate of drug-likeness (QED) is 0.614. The van der Waals surface area contributed by atoms with Crippen molar-refractivity contribution in [3.63, 3.8) is 0 Å². The molecule has 1 aromatic heterocycles. The lowest BCUT2D eigenvalue weighted by Crippen LogP contribution is -2.19. The van der Waals surface area contributed by atoms with Gasteiger partial charge in [-0.3, -0.25) is 4.79 Å². The molecule has 1 heterocycles. The first-order chi connectivity index (χ1) is 12.5. The maximum Gasteiger partial charge on any atom is 0.380 e. The Bertz CT molecular complexity index is 1280. The fourth-order valence-electron chi connectivity index (χ4n) is 2.27. The van der Waals surface area contributed by atoms with Crippen LogP contribution in [0.3, 0.4) is 0 Å². The Morgan fingerprint density at radius 2 is 1.33 bits per heavy atom.